The monoisotopic (exact) mass is 316 g/mol. The minimum Gasteiger partial charge on any atom is -0.340 e. The molecule has 0 N–H and O–H groups in total. The van der Waals surface area contributed by atoms with Gasteiger partial charge in [-0.05, 0) is 13.8 Å². The van der Waals surface area contributed by atoms with Crippen molar-refractivity contribution in [2.24, 2.45) is 0 Å². The van der Waals surface area contributed by atoms with Crippen LogP contribution in [0.15, 0.2) is 38.0 Å². The zero-order chi connectivity index (χ0) is 17.2. The first-order chi connectivity index (χ1) is 11.1. The van der Waals surface area contributed by atoms with Gasteiger partial charge in [-0.2, -0.15) is 15.0 Å². The summed E-state index contributed by atoms with van der Waals surface area (Å²) in [7, 11) is 1.94. The Morgan fingerprint density at radius 2 is 1.13 bits per heavy atom. The number of anilines is 3. The smallest absolute Gasteiger partial charge is 0.232 e. The summed E-state index contributed by atoms with van der Waals surface area (Å²) in [6.07, 6.45) is 5.52. The molecule has 0 fully saturated rings. The minimum atomic E-state index is 0.634. The van der Waals surface area contributed by atoms with Crippen molar-refractivity contribution in [3.05, 3.63) is 38.0 Å². The summed E-state index contributed by atoms with van der Waals surface area (Å²) in [5, 5.41) is 0. The van der Waals surface area contributed by atoms with Gasteiger partial charge in [0.2, 0.25) is 17.8 Å². The van der Waals surface area contributed by atoms with Crippen LogP contribution in [-0.4, -0.2) is 54.7 Å². The van der Waals surface area contributed by atoms with Crippen LogP contribution in [-0.2, 0) is 0 Å². The minimum absolute atomic E-state index is 0.634. The van der Waals surface area contributed by atoms with Crippen molar-refractivity contribution in [1.29, 1.82) is 0 Å². The van der Waals surface area contributed by atoms with Crippen molar-refractivity contribution in [2.45, 2.75) is 13.8 Å². The summed E-state index contributed by atoms with van der Waals surface area (Å²) in [6.45, 7) is 19.2. The highest BCUT2D eigenvalue weighted by molar-refractivity contribution is 5.47. The van der Waals surface area contributed by atoms with Crippen LogP contribution in [0, 0.1) is 0 Å². The first-order valence-corrected chi connectivity index (χ1v) is 7.90. The molecule has 6 heteroatoms. The van der Waals surface area contributed by atoms with Crippen LogP contribution in [0.3, 0.4) is 0 Å². The lowest BCUT2D eigenvalue weighted by Gasteiger charge is -2.25. The van der Waals surface area contributed by atoms with E-state index in [0.717, 1.165) is 13.1 Å². The van der Waals surface area contributed by atoms with E-state index in [4.69, 9.17) is 0 Å². The molecule has 1 rings (SSSR count). The summed E-state index contributed by atoms with van der Waals surface area (Å²) in [5.41, 5.74) is 0. The summed E-state index contributed by atoms with van der Waals surface area (Å²) >= 11 is 0. The molecular weight excluding hydrogens is 288 g/mol. The van der Waals surface area contributed by atoms with Gasteiger partial charge in [-0.1, -0.05) is 18.2 Å². The van der Waals surface area contributed by atoms with Gasteiger partial charge < -0.3 is 14.7 Å². The molecule has 1 aromatic rings. The molecule has 0 unspecified atom stereocenters. The van der Waals surface area contributed by atoms with Gasteiger partial charge in [0.05, 0.1) is 0 Å². The standard InChI is InChI=1S/C17H28N6/c1-7-12-21(6)15-18-16(22(10-4)13-8-2)20-17(19-15)23(11-5)14-9-3/h7-9H,1-3,10-14H2,4-6H3. The third kappa shape index (κ3) is 5.09. The molecule has 0 aromatic carbocycles. The Bertz CT molecular complexity index is 492. The molecule has 0 saturated carbocycles. The summed E-state index contributed by atoms with van der Waals surface area (Å²) in [4.78, 5) is 19.9. The Hall–Kier alpha value is -2.37. The number of hydrogen-bond donors (Lipinski definition) is 0. The van der Waals surface area contributed by atoms with Gasteiger partial charge in [0.25, 0.3) is 0 Å². The van der Waals surface area contributed by atoms with Crippen LogP contribution in [0.25, 0.3) is 0 Å². The van der Waals surface area contributed by atoms with Crippen molar-refractivity contribution in [3.8, 4) is 0 Å². The Labute approximate surface area is 139 Å². The van der Waals surface area contributed by atoms with E-state index in [1.807, 2.05) is 30.2 Å². The quantitative estimate of drug-likeness (QED) is 0.585. The fourth-order valence-electron chi connectivity index (χ4n) is 2.09. The average Bonchev–Trinajstić information content (AvgIpc) is 2.57. The van der Waals surface area contributed by atoms with E-state index in [2.05, 4.69) is 58.3 Å². The fraction of sp³-hybridized carbons (Fsp3) is 0.471. The number of aromatic nitrogens is 3. The van der Waals surface area contributed by atoms with Crippen LogP contribution in [0.1, 0.15) is 13.8 Å². The first-order valence-electron chi connectivity index (χ1n) is 7.90. The maximum absolute atomic E-state index is 4.64. The second kappa shape index (κ2) is 9.61. The Morgan fingerprint density at radius 1 is 0.739 bits per heavy atom. The van der Waals surface area contributed by atoms with Gasteiger partial charge in [-0.25, -0.2) is 0 Å². The molecule has 126 valence electrons. The molecule has 0 aliphatic heterocycles. The third-order valence-corrected chi connectivity index (χ3v) is 3.37. The Kier molecular flexibility index (Phi) is 7.80. The van der Waals surface area contributed by atoms with E-state index in [1.54, 1.807) is 0 Å². The summed E-state index contributed by atoms with van der Waals surface area (Å²) in [5.74, 6) is 1.95. The SMILES string of the molecule is C=CCN(C)c1nc(N(CC)CC=C)nc(N(CC)CC=C)n1. The number of rotatable bonds is 11. The van der Waals surface area contributed by atoms with Gasteiger partial charge in [0.1, 0.15) is 0 Å². The highest BCUT2D eigenvalue weighted by Crippen LogP contribution is 2.18. The van der Waals surface area contributed by atoms with Crippen LogP contribution in [0.5, 0.6) is 0 Å². The van der Waals surface area contributed by atoms with Gasteiger partial charge >= 0.3 is 0 Å². The normalized spacial score (nSPS) is 10.0. The van der Waals surface area contributed by atoms with E-state index >= 15 is 0 Å². The molecule has 23 heavy (non-hydrogen) atoms. The predicted octanol–water partition coefficient (Wildman–Crippen LogP) is 2.52. The fourth-order valence-corrected chi connectivity index (χ4v) is 2.09. The number of hydrogen-bond acceptors (Lipinski definition) is 6. The molecule has 0 aliphatic rings. The summed E-state index contributed by atoms with van der Waals surface area (Å²) in [6, 6.07) is 0. The third-order valence-electron chi connectivity index (χ3n) is 3.37. The van der Waals surface area contributed by atoms with Gasteiger partial charge in [0.15, 0.2) is 0 Å². The van der Waals surface area contributed by atoms with Crippen molar-refractivity contribution in [3.63, 3.8) is 0 Å². The number of likely N-dealkylation sites (N-methyl/N-ethyl adjacent to an activating group) is 3. The Balaban J connectivity index is 3.32. The van der Waals surface area contributed by atoms with Gasteiger partial charge in [-0.15, -0.1) is 19.7 Å². The maximum Gasteiger partial charge on any atom is 0.232 e. The lowest BCUT2D eigenvalue weighted by molar-refractivity contribution is 0.790. The average molecular weight is 316 g/mol. The topological polar surface area (TPSA) is 48.4 Å². The van der Waals surface area contributed by atoms with Crippen molar-refractivity contribution >= 4 is 17.8 Å². The highest BCUT2D eigenvalue weighted by atomic mass is 15.4. The molecule has 0 bridgehead atoms. The summed E-state index contributed by atoms with van der Waals surface area (Å²) < 4.78 is 0. The van der Waals surface area contributed by atoms with Crippen LogP contribution >= 0.6 is 0 Å². The number of nitrogens with zero attached hydrogens (tertiary/aromatic N) is 6. The zero-order valence-electron chi connectivity index (χ0n) is 14.6. The molecular formula is C17H28N6. The lowest BCUT2D eigenvalue weighted by Crippen LogP contribution is -2.31. The molecule has 0 aliphatic carbocycles. The van der Waals surface area contributed by atoms with Crippen molar-refractivity contribution in [2.75, 3.05) is 54.5 Å². The molecule has 1 heterocycles. The van der Waals surface area contributed by atoms with Crippen molar-refractivity contribution < 1.29 is 0 Å². The van der Waals surface area contributed by atoms with E-state index in [1.165, 1.54) is 0 Å². The molecule has 6 nitrogen and oxygen atoms in total. The van der Waals surface area contributed by atoms with E-state index in [-0.39, 0.29) is 0 Å². The lowest BCUT2D eigenvalue weighted by atomic mass is 10.5. The molecule has 0 spiro atoms. The van der Waals surface area contributed by atoms with Gasteiger partial charge in [-0.3, -0.25) is 0 Å². The van der Waals surface area contributed by atoms with Crippen LogP contribution in [0.4, 0.5) is 17.8 Å². The molecule has 0 saturated heterocycles. The molecule has 1 aromatic heterocycles. The first kappa shape index (κ1) is 18.7. The van der Waals surface area contributed by atoms with E-state index < -0.39 is 0 Å². The molecule has 0 atom stereocenters. The van der Waals surface area contributed by atoms with E-state index in [9.17, 15) is 0 Å². The second-order valence-electron chi connectivity index (χ2n) is 5.06. The second-order valence-corrected chi connectivity index (χ2v) is 5.06. The largest absolute Gasteiger partial charge is 0.340 e. The van der Waals surface area contributed by atoms with Crippen LogP contribution in [0.2, 0.25) is 0 Å². The predicted molar refractivity (Wildman–Crippen MR) is 99.5 cm³/mol. The van der Waals surface area contributed by atoms with E-state index in [0.29, 0.717) is 37.5 Å². The zero-order valence-corrected chi connectivity index (χ0v) is 14.6. The van der Waals surface area contributed by atoms with Crippen LogP contribution < -0.4 is 14.7 Å². The Morgan fingerprint density at radius 3 is 1.48 bits per heavy atom. The maximum atomic E-state index is 4.64. The highest BCUT2D eigenvalue weighted by Gasteiger charge is 2.16. The molecule has 0 amide bonds. The molecule has 0 radical (unpaired) electrons. The van der Waals surface area contributed by atoms with Gasteiger partial charge in [0, 0.05) is 39.8 Å². The van der Waals surface area contributed by atoms with Crippen molar-refractivity contribution in [1.82, 2.24) is 15.0 Å².